The summed E-state index contributed by atoms with van der Waals surface area (Å²) < 4.78 is 28.6. The first kappa shape index (κ1) is 23.2. The fourth-order valence-corrected chi connectivity index (χ4v) is 2.86. The van der Waals surface area contributed by atoms with Crippen molar-refractivity contribution in [3.05, 3.63) is 69.7 Å². The van der Waals surface area contributed by atoms with Crippen molar-refractivity contribution in [2.75, 3.05) is 0 Å². The average Bonchev–Trinajstić information content (AvgIpc) is 2.98. The van der Waals surface area contributed by atoms with Gasteiger partial charge >= 0.3 is 5.69 Å². The number of aromatic nitrogens is 3. The third-order valence-corrected chi connectivity index (χ3v) is 4.37. The number of aliphatic imine (C=N–C) groups is 1. The fourth-order valence-electron chi connectivity index (χ4n) is 2.86. The fraction of sp³-hybridized carbons (Fsp3) is 0.348. The number of halogens is 2. The van der Waals surface area contributed by atoms with Gasteiger partial charge in [0.05, 0.1) is 12.1 Å². The molecule has 5 nitrogen and oxygen atoms in total. The lowest BCUT2D eigenvalue weighted by Gasteiger charge is -2.07. The summed E-state index contributed by atoms with van der Waals surface area (Å²) in [5.74, 6) is -0.639. The van der Waals surface area contributed by atoms with Crippen LogP contribution >= 0.6 is 0 Å². The first-order valence-corrected chi connectivity index (χ1v) is 9.87. The first-order chi connectivity index (χ1) is 14.2. The van der Waals surface area contributed by atoms with E-state index >= 15 is 0 Å². The Morgan fingerprint density at radius 1 is 1.40 bits per heavy atom. The van der Waals surface area contributed by atoms with Crippen LogP contribution < -0.4 is 5.69 Å². The van der Waals surface area contributed by atoms with Crippen molar-refractivity contribution < 1.29 is 8.78 Å². The molecule has 7 heteroatoms. The van der Waals surface area contributed by atoms with Gasteiger partial charge in [0.1, 0.15) is 12.0 Å². The number of pyridine rings is 1. The van der Waals surface area contributed by atoms with Crippen LogP contribution in [0.2, 0.25) is 0 Å². The van der Waals surface area contributed by atoms with Gasteiger partial charge in [0.15, 0.2) is 5.65 Å². The number of rotatable bonds is 8. The molecule has 2 aromatic rings. The van der Waals surface area contributed by atoms with Crippen LogP contribution in [0.4, 0.5) is 8.78 Å². The van der Waals surface area contributed by atoms with Gasteiger partial charge in [-0.25, -0.2) is 18.6 Å². The van der Waals surface area contributed by atoms with Gasteiger partial charge in [-0.3, -0.25) is 14.5 Å². The zero-order chi connectivity index (χ0) is 22.3. The zero-order valence-corrected chi connectivity index (χ0v) is 18.0. The van der Waals surface area contributed by atoms with Gasteiger partial charge in [-0.1, -0.05) is 18.6 Å². The van der Waals surface area contributed by atoms with E-state index in [2.05, 4.69) is 15.0 Å². The predicted molar refractivity (Wildman–Crippen MR) is 120 cm³/mol. The van der Waals surface area contributed by atoms with E-state index in [1.807, 2.05) is 33.8 Å². The second-order valence-corrected chi connectivity index (χ2v) is 7.21. The number of hydrogen-bond donors (Lipinski definition) is 1. The van der Waals surface area contributed by atoms with Crippen molar-refractivity contribution in [3.63, 3.8) is 0 Å². The van der Waals surface area contributed by atoms with Gasteiger partial charge in [0.25, 0.3) is 0 Å². The van der Waals surface area contributed by atoms with E-state index in [0.29, 0.717) is 35.3 Å². The number of nitrogens with one attached hydrogen (secondary N) is 1. The number of aromatic amines is 1. The Morgan fingerprint density at radius 3 is 2.73 bits per heavy atom. The normalized spacial score (nSPS) is 14.6. The van der Waals surface area contributed by atoms with Crippen LogP contribution in [-0.4, -0.2) is 26.9 Å². The molecule has 0 aliphatic heterocycles. The van der Waals surface area contributed by atoms with E-state index in [4.69, 9.17) is 0 Å². The van der Waals surface area contributed by atoms with Crippen LogP contribution in [0.5, 0.6) is 0 Å². The summed E-state index contributed by atoms with van der Waals surface area (Å²) in [4.78, 5) is 23.8. The van der Waals surface area contributed by atoms with Crippen LogP contribution in [0.15, 0.2) is 63.5 Å². The maximum absolute atomic E-state index is 14.0. The van der Waals surface area contributed by atoms with Crippen LogP contribution in [0.25, 0.3) is 16.7 Å². The van der Waals surface area contributed by atoms with Gasteiger partial charge in [-0.05, 0) is 69.0 Å². The SMILES string of the molecule is C/C=C(\C=NC=C(C)C)Cn1c(=O)[nH]c2ncc(/C(=C/C(F)=C\C(C)F)CC)cc21. The molecule has 0 saturated heterocycles. The molecule has 0 fully saturated rings. The second kappa shape index (κ2) is 10.6. The molecule has 1 N–H and O–H groups in total. The maximum atomic E-state index is 14.0. The maximum Gasteiger partial charge on any atom is 0.327 e. The number of allylic oxidation sites excluding steroid dienone is 7. The van der Waals surface area contributed by atoms with Crippen molar-refractivity contribution in [2.45, 2.75) is 53.8 Å². The predicted octanol–water partition coefficient (Wildman–Crippen LogP) is 5.67. The molecule has 0 aliphatic rings. The number of H-pyrrole nitrogens is 1. The Hall–Kier alpha value is -3.09. The van der Waals surface area contributed by atoms with E-state index in [-0.39, 0.29) is 5.69 Å². The number of imidazole rings is 1. The largest absolute Gasteiger partial charge is 0.327 e. The minimum absolute atomic E-state index is 0.288. The van der Waals surface area contributed by atoms with Gasteiger partial charge in [0, 0.05) is 18.6 Å². The van der Waals surface area contributed by atoms with E-state index in [1.54, 1.807) is 29.2 Å². The Bertz CT molecular complexity index is 1090. The van der Waals surface area contributed by atoms with Crippen LogP contribution in [0.1, 0.15) is 46.6 Å². The summed E-state index contributed by atoms with van der Waals surface area (Å²) in [5, 5.41) is 0. The highest BCUT2D eigenvalue weighted by molar-refractivity contribution is 5.81. The number of fused-ring (bicyclic) bond motifs is 1. The van der Waals surface area contributed by atoms with Crippen LogP contribution in [0.3, 0.4) is 0 Å². The number of alkyl halides is 1. The Morgan fingerprint density at radius 2 is 2.13 bits per heavy atom. The Kier molecular flexibility index (Phi) is 8.21. The van der Waals surface area contributed by atoms with Crippen LogP contribution in [-0.2, 0) is 6.54 Å². The Balaban J connectivity index is 2.47. The molecule has 2 rings (SSSR count). The van der Waals surface area contributed by atoms with Gasteiger partial charge < -0.3 is 0 Å². The quantitative estimate of drug-likeness (QED) is 0.447. The molecule has 0 spiro atoms. The van der Waals surface area contributed by atoms with E-state index in [1.165, 1.54) is 13.0 Å². The summed E-state index contributed by atoms with van der Waals surface area (Å²) in [7, 11) is 0. The van der Waals surface area contributed by atoms with Gasteiger partial charge in [-0.2, -0.15) is 0 Å². The highest BCUT2D eigenvalue weighted by Crippen LogP contribution is 2.23. The lowest BCUT2D eigenvalue weighted by molar-refractivity contribution is 0.423. The van der Waals surface area contributed by atoms with Gasteiger partial charge in [0.2, 0.25) is 0 Å². The first-order valence-electron chi connectivity index (χ1n) is 9.87. The average molecular weight is 415 g/mol. The highest BCUT2D eigenvalue weighted by Gasteiger charge is 2.12. The summed E-state index contributed by atoms with van der Waals surface area (Å²) in [6, 6.07) is 1.79. The van der Waals surface area contributed by atoms with E-state index in [9.17, 15) is 13.6 Å². The minimum Gasteiger partial charge on any atom is -0.290 e. The molecule has 0 saturated carbocycles. The molecule has 30 heavy (non-hydrogen) atoms. The molecule has 160 valence electrons. The molecular weight excluding hydrogens is 386 g/mol. The topological polar surface area (TPSA) is 63.0 Å². The Labute approximate surface area is 175 Å². The standard InChI is InChI=1S/C23H28F2N4O/c1-6-17(12-26-11-15(3)4)14-29-21-10-19(13-27-22(21)28-23(29)30)18(7-2)9-20(25)8-16(5)24/h6,8-13,16H,7,14H2,1-5H3,(H,27,28,30)/b17-6+,18-9+,20-8+,26-12?. The third kappa shape index (κ3) is 6.20. The van der Waals surface area contributed by atoms with Crippen LogP contribution in [0, 0.1) is 0 Å². The third-order valence-electron chi connectivity index (χ3n) is 4.37. The molecule has 2 aromatic heterocycles. The number of nitrogens with zero attached hydrogens (tertiary/aromatic N) is 3. The second-order valence-electron chi connectivity index (χ2n) is 7.21. The highest BCUT2D eigenvalue weighted by atomic mass is 19.1. The smallest absolute Gasteiger partial charge is 0.290 e. The summed E-state index contributed by atoms with van der Waals surface area (Å²) in [5.41, 5.74) is 4.03. The molecule has 0 bridgehead atoms. The monoisotopic (exact) mass is 414 g/mol. The van der Waals surface area contributed by atoms with Gasteiger partial charge in [-0.15, -0.1) is 0 Å². The van der Waals surface area contributed by atoms with Crippen molar-refractivity contribution >= 4 is 23.0 Å². The molecule has 1 atom stereocenters. The van der Waals surface area contributed by atoms with Crippen molar-refractivity contribution in [1.82, 2.24) is 14.5 Å². The van der Waals surface area contributed by atoms with E-state index in [0.717, 1.165) is 17.2 Å². The zero-order valence-electron chi connectivity index (χ0n) is 18.0. The molecule has 2 heterocycles. The van der Waals surface area contributed by atoms with Crippen molar-refractivity contribution in [1.29, 1.82) is 0 Å². The molecule has 0 amide bonds. The minimum atomic E-state index is -1.37. The summed E-state index contributed by atoms with van der Waals surface area (Å²) >= 11 is 0. The molecular formula is C23H28F2N4O. The molecule has 0 radical (unpaired) electrons. The van der Waals surface area contributed by atoms with E-state index < -0.39 is 12.0 Å². The van der Waals surface area contributed by atoms with Crippen molar-refractivity contribution in [3.8, 4) is 0 Å². The molecule has 1 unspecified atom stereocenters. The summed E-state index contributed by atoms with van der Waals surface area (Å²) in [6.45, 7) is 9.25. The van der Waals surface area contributed by atoms with Crippen molar-refractivity contribution in [2.24, 2.45) is 4.99 Å². The molecule has 0 aromatic carbocycles. The molecule has 0 aliphatic carbocycles. The summed E-state index contributed by atoms with van der Waals surface area (Å²) in [6.07, 6.45) is 8.30. The lowest BCUT2D eigenvalue weighted by atomic mass is 10.0. The lowest BCUT2D eigenvalue weighted by Crippen LogP contribution is -2.18. The number of hydrogen-bond acceptors (Lipinski definition) is 3.